The first-order valence-corrected chi connectivity index (χ1v) is 7.76. The standard InChI is InChI=1S/C20H18F2N2/c21-17-3-1-5-19(11-17)23-13-15-7-9-16(10-8-15)14-24-20-6-2-4-18(22)12-20/h1-12,23-24H,13-14H2. The van der Waals surface area contributed by atoms with Gasteiger partial charge in [0.05, 0.1) is 0 Å². The number of nitrogens with one attached hydrogen (secondary N) is 2. The molecule has 0 unspecified atom stereocenters. The fourth-order valence-electron chi connectivity index (χ4n) is 2.38. The third kappa shape index (κ3) is 4.56. The molecular weight excluding hydrogens is 306 g/mol. The molecular formula is C20H18F2N2. The molecule has 0 spiro atoms. The van der Waals surface area contributed by atoms with Crippen LogP contribution in [0, 0.1) is 11.6 Å². The fourth-order valence-corrected chi connectivity index (χ4v) is 2.38. The Labute approximate surface area is 140 Å². The number of halogens is 2. The number of anilines is 2. The molecule has 0 fully saturated rings. The van der Waals surface area contributed by atoms with E-state index in [1.54, 1.807) is 12.1 Å². The normalized spacial score (nSPS) is 10.4. The van der Waals surface area contributed by atoms with Crippen molar-refractivity contribution in [2.24, 2.45) is 0 Å². The van der Waals surface area contributed by atoms with Crippen LogP contribution in [-0.2, 0) is 13.1 Å². The molecule has 2 N–H and O–H groups in total. The highest BCUT2D eigenvalue weighted by Crippen LogP contribution is 2.14. The quantitative estimate of drug-likeness (QED) is 0.652. The predicted molar refractivity (Wildman–Crippen MR) is 93.9 cm³/mol. The van der Waals surface area contributed by atoms with Gasteiger partial charge in [0.1, 0.15) is 11.6 Å². The first kappa shape index (κ1) is 16.0. The first-order valence-electron chi connectivity index (χ1n) is 7.76. The lowest BCUT2D eigenvalue weighted by atomic mass is 10.1. The fraction of sp³-hybridized carbons (Fsp3) is 0.100. The molecule has 3 rings (SSSR count). The zero-order valence-corrected chi connectivity index (χ0v) is 13.1. The molecule has 3 aromatic carbocycles. The van der Waals surface area contributed by atoms with Gasteiger partial charge in [0.2, 0.25) is 0 Å². The summed E-state index contributed by atoms with van der Waals surface area (Å²) in [4.78, 5) is 0. The molecule has 0 aliphatic carbocycles. The minimum Gasteiger partial charge on any atom is -0.381 e. The summed E-state index contributed by atoms with van der Waals surface area (Å²) in [6.07, 6.45) is 0. The van der Waals surface area contributed by atoms with Gasteiger partial charge < -0.3 is 10.6 Å². The van der Waals surface area contributed by atoms with E-state index in [9.17, 15) is 8.78 Å². The van der Waals surface area contributed by atoms with Crippen LogP contribution in [0.2, 0.25) is 0 Å². The molecule has 0 saturated heterocycles. The lowest BCUT2D eigenvalue weighted by Gasteiger charge is -2.09. The van der Waals surface area contributed by atoms with Crippen LogP contribution in [-0.4, -0.2) is 0 Å². The largest absolute Gasteiger partial charge is 0.381 e. The topological polar surface area (TPSA) is 24.1 Å². The van der Waals surface area contributed by atoms with Crippen molar-refractivity contribution in [1.82, 2.24) is 0 Å². The maximum absolute atomic E-state index is 13.1. The second kappa shape index (κ2) is 7.59. The van der Waals surface area contributed by atoms with E-state index >= 15 is 0 Å². The molecule has 0 atom stereocenters. The van der Waals surface area contributed by atoms with E-state index in [-0.39, 0.29) is 11.6 Å². The lowest BCUT2D eigenvalue weighted by molar-refractivity contribution is 0.628. The summed E-state index contributed by atoms with van der Waals surface area (Å²) in [5, 5.41) is 6.38. The molecule has 2 nitrogen and oxygen atoms in total. The van der Waals surface area contributed by atoms with Crippen molar-refractivity contribution in [2.75, 3.05) is 10.6 Å². The Morgan fingerprint density at radius 2 is 1.00 bits per heavy atom. The molecule has 0 bridgehead atoms. The molecule has 24 heavy (non-hydrogen) atoms. The van der Waals surface area contributed by atoms with Crippen LogP contribution < -0.4 is 10.6 Å². The van der Waals surface area contributed by atoms with E-state index in [2.05, 4.69) is 10.6 Å². The Hall–Kier alpha value is -2.88. The smallest absolute Gasteiger partial charge is 0.125 e. The van der Waals surface area contributed by atoms with Gasteiger partial charge in [-0.15, -0.1) is 0 Å². The Balaban J connectivity index is 1.53. The Bertz CT molecular complexity index is 732. The Morgan fingerprint density at radius 1 is 0.583 bits per heavy atom. The summed E-state index contributed by atoms with van der Waals surface area (Å²) >= 11 is 0. The zero-order valence-electron chi connectivity index (χ0n) is 13.1. The Kier molecular flexibility index (Phi) is 5.06. The number of hydrogen-bond donors (Lipinski definition) is 2. The van der Waals surface area contributed by atoms with E-state index in [1.807, 2.05) is 36.4 Å². The van der Waals surface area contributed by atoms with Gasteiger partial charge in [0.25, 0.3) is 0 Å². The van der Waals surface area contributed by atoms with Crippen molar-refractivity contribution in [1.29, 1.82) is 0 Å². The van der Waals surface area contributed by atoms with Gasteiger partial charge in [0, 0.05) is 24.5 Å². The van der Waals surface area contributed by atoms with E-state index in [4.69, 9.17) is 0 Å². The SMILES string of the molecule is Fc1cccc(NCc2ccc(CNc3cccc(F)c3)cc2)c1. The van der Waals surface area contributed by atoms with Crippen LogP contribution in [0.1, 0.15) is 11.1 Å². The van der Waals surface area contributed by atoms with Crippen molar-refractivity contribution >= 4 is 11.4 Å². The van der Waals surface area contributed by atoms with Crippen LogP contribution in [0.25, 0.3) is 0 Å². The summed E-state index contributed by atoms with van der Waals surface area (Å²) in [6, 6.07) is 20.9. The second-order valence-electron chi connectivity index (χ2n) is 5.54. The van der Waals surface area contributed by atoms with Gasteiger partial charge >= 0.3 is 0 Å². The van der Waals surface area contributed by atoms with Crippen molar-refractivity contribution in [3.05, 3.63) is 95.6 Å². The van der Waals surface area contributed by atoms with Gasteiger partial charge in [-0.3, -0.25) is 0 Å². The highest BCUT2D eigenvalue weighted by molar-refractivity contribution is 5.45. The van der Waals surface area contributed by atoms with E-state index in [0.29, 0.717) is 13.1 Å². The molecule has 122 valence electrons. The average Bonchev–Trinajstić information content (AvgIpc) is 2.59. The van der Waals surface area contributed by atoms with Crippen molar-refractivity contribution in [3.8, 4) is 0 Å². The molecule has 0 radical (unpaired) electrons. The van der Waals surface area contributed by atoms with Crippen LogP contribution in [0.4, 0.5) is 20.2 Å². The van der Waals surface area contributed by atoms with E-state index in [0.717, 1.165) is 22.5 Å². The van der Waals surface area contributed by atoms with Crippen molar-refractivity contribution in [2.45, 2.75) is 13.1 Å². The molecule has 0 aliphatic rings. The minimum absolute atomic E-state index is 0.251. The van der Waals surface area contributed by atoms with Crippen molar-refractivity contribution < 1.29 is 8.78 Å². The molecule has 0 heterocycles. The summed E-state index contributed by atoms with van der Waals surface area (Å²) in [7, 11) is 0. The summed E-state index contributed by atoms with van der Waals surface area (Å²) in [5.41, 5.74) is 3.72. The molecule has 0 amide bonds. The van der Waals surface area contributed by atoms with Gasteiger partial charge in [0.15, 0.2) is 0 Å². The summed E-state index contributed by atoms with van der Waals surface area (Å²) in [5.74, 6) is -0.502. The monoisotopic (exact) mass is 324 g/mol. The molecule has 0 saturated carbocycles. The second-order valence-corrected chi connectivity index (χ2v) is 5.54. The molecule has 4 heteroatoms. The van der Waals surface area contributed by atoms with Crippen LogP contribution >= 0.6 is 0 Å². The summed E-state index contributed by atoms with van der Waals surface area (Å²) < 4.78 is 26.3. The maximum atomic E-state index is 13.1. The minimum atomic E-state index is -0.251. The first-order chi connectivity index (χ1) is 11.7. The van der Waals surface area contributed by atoms with Crippen LogP contribution in [0.15, 0.2) is 72.8 Å². The maximum Gasteiger partial charge on any atom is 0.125 e. The van der Waals surface area contributed by atoms with Gasteiger partial charge in [-0.2, -0.15) is 0 Å². The van der Waals surface area contributed by atoms with Crippen molar-refractivity contribution in [3.63, 3.8) is 0 Å². The highest BCUT2D eigenvalue weighted by Gasteiger charge is 1.99. The van der Waals surface area contributed by atoms with Crippen LogP contribution in [0.3, 0.4) is 0 Å². The molecule has 0 aliphatic heterocycles. The summed E-state index contributed by atoms with van der Waals surface area (Å²) in [6.45, 7) is 1.25. The number of benzene rings is 3. The predicted octanol–water partition coefficient (Wildman–Crippen LogP) is 5.19. The number of rotatable bonds is 6. The molecule has 0 aromatic heterocycles. The number of hydrogen-bond acceptors (Lipinski definition) is 2. The Morgan fingerprint density at radius 3 is 1.38 bits per heavy atom. The molecule has 3 aromatic rings. The third-order valence-electron chi connectivity index (χ3n) is 3.67. The third-order valence-corrected chi connectivity index (χ3v) is 3.67. The van der Waals surface area contributed by atoms with E-state index < -0.39 is 0 Å². The average molecular weight is 324 g/mol. The van der Waals surface area contributed by atoms with E-state index in [1.165, 1.54) is 24.3 Å². The zero-order chi connectivity index (χ0) is 16.8. The van der Waals surface area contributed by atoms with Gasteiger partial charge in [-0.05, 0) is 47.5 Å². The van der Waals surface area contributed by atoms with Crippen LogP contribution in [0.5, 0.6) is 0 Å². The van der Waals surface area contributed by atoms with Gasteiger partial charge in [-0.1, -0.05) is 36.4 Å². The lowest BCUT2D eigenvalue weighted by Crippen LogP contribution is -2.02. The van der Waals surface area contributed by atoms with Gasteiger partial charge in [-0.25, -0.2) is 8.78 Å². The highest BCUT2D eigenvalue weighted by atomic mass is 19.1.